The molecule has 0 bridgehead atoms. The lowest BCUT2D eigenvalue weighted by Gasteiger charge is -2.11. The van der Waals surface area contributed by atoms with Crippen molar-refractivity contribution in [2.24, 2.45) is 0 Å². The third-order valence-electron chi connectivity index (χ3n) is 4.74. The molecule has 0 aromatic heterocycles. The minimum atomic E-state index is -0.123. The summed E-state index contributed by atoms with van der Waals surface area (Å²) < 4.78 is 0. The van der Waals surface area contributed by atoms with Crippen molar-refractivity contribution in [3.63, 3.8) is 0 Å². The first-order valence-electron chi connectivity index (χ1n) is 9.20. The van der Waals surface area contributed by atoms with Gasteiger partial charge in [0.25, 0.3) is 0 Å². The predicted octanol–water partition coefficient (Wildman–Crippen LogP) is 6.30. The van der Waals surface area contributed by atoms with Crippen LogP contribution in [-0.2, 0) is 6.42 Å². The Morgan fingerprint density at radius 2 is 1.44 bits per heavy atom. The van der Waals surface area contributed by atoms with Gasteiger partial charge in [-0.25, -0.2) is 0 Å². The molecular formula is C25H24O2. The highest BCUT2D eigenvalue weighted by atomic mass is 16.3. The molecular weight excluding hydrogens is 332 g/mol. The Balaban J connectivity index is 1.88. The van der Waals surface area contributed by atoms with E-state index in [1.807, 2.05) is 25.1 Å². The summed E-state index contributed by atoms with van der Waals surface area (Å²) >= 11 is 0. The fraction of sp³-hybridized carbons (Fsp3) is 0.160. The van der Waals surface area contributed by atoms with Gasteiger partial charge in [-0.3, -0.25) is 4.79 Å². The van der Waals surface area contributed by atoms with Crippen LogP contribution in [0.15, 0.2) is 60.7 Å². The second-order valence-electron chi connectivity index (χ2n) is 6.81. The van der Waals surface area contributed by atoms with Crippen LogP contribution >= 0.6 is 0 Å². The summed E-state index contributed by atoms with van der Waals surface area (Å²) in [5.41, 5.74) is 6.68. The van der Waals surface area contributed by atoms with E-state index >= 15 is 0 Å². The molecule has 0 radical (unpaired) electrons. The van der Waals surface area contributed by atoms with Crippen LogP contribution in [0.5, 0.6) is 5.75 Å². The molecule has 27 heavy (non-hydrogen) atoms. The van der Waals surface area contributed by atoms with Crippen molar-refractivity contribution < 1.29 is 9.90 Å². The first kappa shape index (κ1) is 18.7. The molecule has 3 aromatic carbocycles. The number of Topliss-reactive ketones (excluding diaryl/α,β-unsaturated/α-hetero) is 1. The lowest BCUT2D eigenvalue weighted by molar-refractivity contribution is 0.101. The van der Waals surface area contributed by atoms with E-state index in [0.717, 1.165) is 22.3 Å². The summed E-state index contributed by atoms with van der Waals surface area (Å²) in [7, 11) is 0. The average Bonchev–Trinajstić information content (AvgIpc) is 2.68. The number of aromatic hydroxyl groups is 1. The highest BCUT2D eigenvalue weighted by Crippen LogP contribution is 2.31. The largest absolute Gasteiger partial charge is 0.507 e. The van der Waals surface area contributed by atoms with Crippen LogP contribution in [0.25, 0.3) is 23.3 Å². The zero-order chi connectivity index (χ0) is 19.4. The van der Waals surface area contributed by atoms with Gasteiger partial charge in [-0.05, 0) is 60.2 Å². The number of ketones is 1. The van der Waals surface area contributed by atoms with E-state index < -0.39 is 0 Å². The number of hydrogen-bond donors (Lipinski definition) is 1. The van der Waals surface area contributed by atoms with Crippen LogP contribution in [0.2, 0.25) is 0 Å². The lowest BCUT2D eigenvalue weighted by Crippen LogP contribution is -1.97. The summed E-state index contributed by atoms with van der Waals surface area (Å²) in [6.45, 7) is 5.54. The lowest BCUT2D eigenvalue weighted by atomic mass is 9.95. The summed E-state index contributed by atoms with van der Waals surface area (Å²) in [6.07, 6.45) is 4.86. The molecule has 0 heterocycles. The quantitative estimate of drug-likeness (QED) is 0.430. The molecule has 0 atom stereocenters. The minimum absolute atomic E-state index is 0.103. The van der Waals surface area contributed by atoms with Gasteiger partial charge in [-0.15, -0.1) is 0 Å². The summed E-state index contributed by atoms with van der Waals surface area (Å²) in [5.74, 6) is -0.0203. The fourth-order valence-corrected chi connectivity index (χ4v) is 3.06. The maximum atomic E-state index is 11.8. The van der Waals surface area contributed by atoms with Crippen molar-refractivity contribution in [1.82, 2.24) is 0 Å². The molecule has 0 aliphatic heterocycles. The predicted molar refractivity (Wildman–Crippen MR) is 113 cm³/mol. The Morgan fingerprint density at radius 3 is 1.96 bits per heavy atom. The van der Waals surface area contributed by atoms with E-state index in [2.05, 4.69) is 55.5 Å². The van der Waals surface area contributed by atoms with Gasteiger partial charge < -0.3 is 5.11 Å². The van der Waals surface area contributed by atoms with Crippen molar-refractivity contribution in [2.45, 2.75) is 27.2 Å². The Bertz CT molecular complexity index is 978. The van der Waals surface area contributed by atoms with E-state index in [1.165, 1.54) is 18.1 Å². The number of carbonyl (C=O) groups excluding carboxylic acids is 1. The van der Waals surface area contributed by atoms with Gasteiger partial charge in [-0.1, -0.05) is 73.2 Å². The van der Waals surface area contributed by atoms with Gasteiger partial charge in [0.05, 0.1) is 5.56 Å². The topological polar surface area (TPSA) is 37.3 Å². The molecule has 2 heteroatoms. The highest BCUT2D eigenvalue weighted by molar-refractivity contribution is 5.98. The van der Waals surface area contributed by atoms with Gasteiger partial charge in [-0.2, -0.15) is 0 Å². The van der Waals surface area contributed by atoms with Gasteiger partial charge in [0.15, 0.2) is 5.78 Å². The molecule has 1 N–H and O–H groups in total. The van der Waals surface area contributed by atoms with Gasteiger partial charge in [0, 0.05) is 0 Å². The van der Waals surface area contributed by atoms with Gasteiger partial charge >= 0.3 is 0 Å². The molecule has 0 unspecified atom stereocenters. The van der Waals surface area contributed by atoms with Crippen molar-refractivity contribution in [3.05, 3.63) is 88.5 Å². The van der Waals surface area contributed by atoms with Crippen molar-refractivity contribution in [2.75, 3.05) is 0 Å². The molecule has 0 amide bonds. The van der Waals surface area contributed by atoms with E-state index in [4.69, 9.17) is 0 Å². The third-order valence-corrected chi connectivity index (χ3v) is 4.74. The molecule has 0 fully saturated rings. The smallest absolute Gasteiger partial charge is 0.163 e. The van der Waals surface area contributed by atoms with Crippen LogP contribution in [-0.4, -0.2) is 10.9 Å². The van der Waals surface area contributed by atoms with Gasteiger partial charge in [0.2, 0.25) is 0 Å². The number of benzene rings is 3. The van der Waals surface area contributed by atoms with E-state index in [1.54, 1.807) is 6.07 Å². The molecule has 0 aliphatic carbocycles. The number of phenols is 1. The molecule has 0 saturated carbocycles. The number of hydrogen-bond acceptors (Lipinski definition) is 2. The third kappa shape index (κ3) is 4.35. The molecule has 0 spiro atoms. The SMILES string of the molecule is CCc1cc(-c2ccc(/C=C/c3ccc(C)cc3)cc2)cc(C(C)=O)c1O. The second-order valence-corrected chi connectivity index (χ2v) is 6.81. The Labute approximate surface area is 160 Å². The molecule has 3 rings (SSSR count). The van der Waals surface area contributed by atoms with Crippen LogP contribution in [0.3, 0.4) is 0 Å². The monoisotopic (exact) mass is 356 g/mol. The first-order valence-corrected chi connectivity index (χ1v) is 9.20. The molecule has 0 aliphatic rings. The molecule has 2 nitrogen and oxygen atoms in total. The first-order chi connectivity index (χ1) is 13.0. The normalized spacial score (nSPS) is 11.1. The Kier molecular flexibility index (Phi) is 5.56. The average molecular weight is 356 g/mol. The van der Waals surface area contributed by atoms with E-state index in [0.29, 0.717) is 12.0 Å². The maximum absolute atomic E-state index is 11.8. The molecule has 0 saturated heterocycles. The standard InChI is InChI=1S/C25H24O2/c1-4-21-15-23(16-24(18(3)26)25(21)27)22-13-11-20(12-14-22)10-9-19-7-5-17(2)6-8-19/h5-16,27H,4H2,1-3H3/b10-9+. The maximum Gasteiger partial charge on any atom is 0.163 e. The number of rotatable bonds is 5. The zero-order valence-electron chi connectivity index (χ0n) is 16.0. The number of carbonyl (C=O) groups is 1. The van der Waals surface area contributed by atoms with Crippen molar-refractivity contribution in [1.29, 1.82) is 0 Å². The van der Waals surface area contributed by atoms with Gasteiger partial charge in [0.1, 0.15) is 5.75 Å². The van der Waals surface area contributed by atoms with Crippen molar-refractivity contribution >= 4 is 17.9 Å². The summed E-state index contributed by atoms with van der Waals surface area (Å²) in [5, 5.41) is 10.2. The van der Waals surface area contributed by atoms with E-state index in [9.17, 15) is 9.90 Å². The van der Waals surface area contributed by atoms with Crippen LogP contribution < -0.4 is 0 Å². The summed E-state index contributed by atoms with van der Waals surface area (Å²) in [6, 6.07) is 20.4. The Hall–Kier alpha value is -3.13. The molecule has 136 valence electrons. The fourth-order valence-electron chi connectivity index (χ4n) is 3.06. The summed E-state index contributed by atoms with van der Waals surface area (Å²) in [4.78, 5) is 11.8. The van der Waals surface area contributed by atoms with Crippen molar-refractivity contribution in [3.8, 4) is 16.9 Å². The van der Waals surface area contributed by atoms with Crippen LogP contribution in [0.4, 0.5) is 0 Å². The van der Waals surface area contributed by atoms with E-state index in [-0.39, 0.29) is 11.5 Å². The highest BCUT2D eigenvalue weighted by Gasteiger charge is 2.13. The number of aryl methyl sites for hydroxylation is 2. The molecule has 3 aromatic rings. The second kappa shape index (κ2) is 8.05. The number of phenolic OH excluding ortho intramolecular Hbond substituents is 1. The zero-order valence-corrected chi connectivity index (χ0v) is 16.0. The minimum Gasteiger partial charge on any atom is -0.507 e. The van der Waals surface area contributed by atoms with Crippen LogP contribution in [0.1, 0.15) is 46.5 Å². The Morgan fingerprint density at radius 1 is 0.889 bits per heavy atom. The van der Waals surface area contributed by atoms with Crippen LogP contribution in [0, 0.1) is 6.92 Å².